The van der Waals surface area contributed by atoms with Crippen molar-refractivity contribution in [1.82, 2.24) is 5.43 Å². The number of nitrogens with zero attached hydrogens (tertiary/aromatic N) is 1. The topological polar surface area (TPSA) is 106 Å². The molecule has 0 heterocycles. The molecule has 0 aliphatic rings. The third-order valence-electron chi connectivity index (χ3n) is 4.93. The number of aryl methyl sites for hydroxylation is 1. The van der Waals surface area contributed by atoms with Crippen LogP contribution in [0.2, 0.25) is 0 Å². The number of halogens is 1. The second-order valence-corrected chi connectivity index (χ2v) is 8.56. The Morgan fingerprint density at radius 2 is 1.67 bits per heavy atom. The summed E-state index contributed by atoms with van der Waals surface area (Å²) in [4.78, 5) is 36.9. The van der Waals surface area contributed by atoms with Gasteiger partial charge in [0, 0.05) is 15.7 Å². The van der Waals surface area contributed by atoms with Gasteiger partial charge in [-0.3, -0.25) is 9.59 Å². The van der Waals surface area contributed by atoms with Crippen LogP contribution in [0.15, 0.2) is 76.3 Å². The van der Waals surface area contributed by atoms with Crippen molar-refractivity contribution in [1.29, 1.82) is 0 Å². The molecule has 9 heteroatoms. The molecule has 0 spiro atoms. The fraction of sp³-hybridized carbons (Fsp3) is 0.185. The van der Waals surface area contributed by atoms with Crippen molar-refractivity contribution in [2.75, 3.05) is 11.9 Å². The summed E-state index contributed by atoms with van der Waals surface area (Å²) in [6, 6.07) is 18.8. The first-order valence-electron chi connectivity index (χ1n) is 11.4. The number of anilines is 1. The number of hydrogen-bond acceptors (Lipinski definition) is 6. The van der Waals surface area contributed by atoms with Gasteiger partial charge in [-0.25, -0.2) is 10.2 Å². The van der Waals surface area contributed by atoms with E-state index in [0.29, 0.717) is 33.6 Å². The highest BCUT2D eigenvalue weighted by Crippen LogP contribution is 2.23. The van der Waals surface area contributed by atoms with Crippen LogP contribution in [0.25, 0.3) is 0 Å². The molecule has 0 fully saturated rings. The summed E-state index contributed by atoms with van der Waals surface area (Å²) in [7, 11) is 0. The van der Waals surface area contributed by atoms with Crippen LogP contribution >= 0.6 is 15.9 Å². The van der Waals surface area contributed by atoms with Crippen LogP contribution in [0.3, 0.4) is 0 Å². The number of carbonyl (C=O) groups is 3. The lowest BCUT2D eigenvalue weighted by molar-refractivity contribution is -0.136. The number of nitrogens with one attached hydrogen (secondary N) is 2. The van der Waals surface area contributed by atoms with Gasteiger partial charge in [0.2, 0.25) is 0 Å². The summed E-state index contributed by atoms with van der Waals surface area (Å²) in [5, 5.41) is 6.35. The molecule has 186 valence electrons. The van der Waals surface area contributed by atoms with Crippen LogP contribution < -0.4 is 20.2 Å². The maximum atomic E-state index is 12.6. The molecule has 0 aliphatic heterocycles. The van der Waals surface area contributed by atoms with Gasteiger partial charge in [0.25, 0.3) is 0 Å². The molecule has 0 atom stereocenters. The van der Waals surface area contributed by atoms with E-state index in [0.717, 1.165) is 18.4 Å². The van der Waals surface area contributed by atoms with E-state index in [1.165, 1.54) is 6.21 Å². The molecule has 0 aliphatic carbocycles. The summed E-state index contributed by atoms with van der Waals surface area (Å²) in [5.41, 5.74) is 4.56. The normalized spacial score (nSPS) is 10.6. The van der Waals surface area contributed by atoms with Gasteiger partial charge in [0.15, 0.2) is 0 Å². The van der Waals surface area contributed by atoms with Crippen LogP contribution in [0.4, 0.5) is 5.69 Å². The van der Waals surface area contributed by atoms with Crippen LogP contribution in [0.1, 0.15) is 41.8 Å². The number of rotatable bonds is 9. The largest absolute Gasteiger partial charge is 0.494 e. The van der Waals surface area contributed by atoms with Crippen molar-refractivity contribution >= 4 is 45.6 Å². The number of hydrazone groups is 1. The highest BCUT2D eigenvalue weighted by Gasteiger charge is 2.14. The molecule has 0 radical (unpaired) electrons. The van der Waals surface area contributed by atoms with Crippen LogP contribution in [0.5, 0.6) is 11.5 Å². The molecular weight excluding hydrogens is 526 g/mol. The Kier molecular flexibility index (Phi) is 9.76. The van der Waals surface area contributed by atoms with E-state index >= 15 is 0 Å². The first-order chi connectivity index (χ1) is 17.4. The van der Waals surface area contributed by atoms with Crippen LogP contribution in [-0.2, 0) is 16.0 Å². The molecule has 0 saturated heterocycles. The molecule has 0 bridgehead atoms. The smallest absolute Gasteiger partial charge is 0.343 e. The summed E-state index contributed by atoms with van der Waals surface area (Å²) in [6.07, 6.45) is 3.04. The standard InChI is InChI=1S/C27H26BrN3O5/c1-3-15-35-23-12-7-19(8-13-23)27(34)36-24-14-9-21(28)16-20(24)17-29-31-26(33)25(32)30-22-10-5-18(4-2)6-11-22/h5-14,16-17H,3-4,15H2,1-2H3,(H,30,32)(H,31,33). The Morgan fingerprint density at radius 3 is 2.33 bits per heavy atom. The number of benzene rings is 3. The minimum Gasteiger partial charge on any atom is -0.494 e. The first-order valence-corrected chi connectivity index (χ1v) is 12.2. The van der Waals surface area contributed by atoms with Crippen molar-refractivity contribution < 1.29 is 23.9 Å². The Bertz CT molecular complexity index is 1240. The average molecular weight is 552 g/mol. The summed E-state index contributed by atoms with van der Waals surface area (Å²) in [6.45, 7) is 4.63. The Morgan fingerprint density at radius 1 is 0.944 bits per heavy atom. The minimum absolute atomic E-state index is 0.230. The highest BCUT2D eigenvalue weighted by molar-refractivity contribution is 9.10. The monoisotopic (exact) mass is 551 g/mol. The molecule has 2 N–H and O–H groups in total. The highest BCUT2D eigenvalue weighted by atomic mass is 79.9. The minimum atomic E-state index is -0.940. The fourth-order valence-electron chi connectivity index (χ4n) is 3.00. The summed E-state index contributed by atoms with van der Waals surface area (Å²) >= 11 is 3.36. The molecule has 36 heavy (non-hydrogen) atoms. The zero-order chi connectivity index (χ0) is 25.9. The van der Waals surface area contributed by atoms with Gasteiger partial charge in [0.1, 0.15) is 11.5 Å². The van der Waals surface area contributed by atoms with Gasteiger partial charge in [-0.15, -0.1) is 0 Å². The molecule has 2 amide bonds. The molecule has 0 saturated carbocycles. The van der Waals surface area contributed by atoms with E-state index in [-0.39, 0.29) is 5.75 Å². The number of carbonyl (C=O) groups excluding carboxylic acids is 3. The van der Waals surface area contributed by atoms with Crippen LogP contribution in [-0.4, -0.2) is 30.6 Å². The van der Waals surface area contributed by atoms with E-state index < -0.39 is 17.8 Å². The summed E-state index contributed by atoms with van der Waals surface area (Å²) < 4.78 is 11.8. The quantitative estimate of drug-likeness (QED) is 0.126. The predicted molar refractivity (Wildman–Crippen MR) is 142 cm³/mol. The Hall–Kier alpha value is -3.98. The average Bonchev–Trinajstić information content (AvgIpc) is 2.89. The summed E-state index contributed by atoms with van der Waals surface area (Å²) in [5.74, 6) is -1.46. The maximum Gasteiger partial charge on any atom is 0.343 e. The maximum absolute atomic E-state index is 12.6. The van der Waals surface area contributed by atoms with Crippen molar-refractivity contribution in [3.8, 4) is 11.5 Å². The second-order valence-electron chi connectivity index (χ2n) is 7.65. The Balaban J connectivity index is 1.62. The molecule has 3 aromatic rings. The third-order valence-corrected chi connectivity index (χ3v) is 5.43. The number of amides is 2. The first kappa shape index (κ1) is 26.6. The van der Waals surface area contributed by atoms with E-state index in [2.05, 4.69) is 31.8 Å². The van der Waals surface area contributed by atoms with Gasteiger partial charge < -0.3 is 14.8 Å². The molecule has 3 rings (SSSR count). The van der Waals surface area contributed by atoms with Gasteiger partial charge in [-0.05, 0) is 73.0 Å². The molecule has 8 nitrogen and oxygen atoms in total. The number of ether oxygens (including phenoxy) is 2. The Labute approximate surface area is 217 Å². The third kappa shape index (κ3) is 7.78. The lowest BCUT2D eigenvalue weighted by Gasteiger charge is -2.09. The van der Waals surface area contributed by atoms with Gasteiger partial charge in [-0.1, -0.05) is 41.9 Å². The van der Waals surface area contributed by atoms with Crippen molar-refractivity contribution in [2.45, 2.75) is 26.7 Å². The lowest BCUT2D eigenvalue weighted by Crippen LogP contribution is -2.32. The molecule has 0 aromatic heterocycles. The molecular formula is C27H26BrN3O5. The molecule has 0 unspecified atom stereocenters. The van der Waals surface area contributed by atoms with E-state index in [9.17, 15) is 14.4 Å². The predicted octanol–water partition coefficient (Wildman–Crippen LogP) is 5.11. The zero-order valence-electron chi connectivity index (χ0n) is 19.9. The SMILES string of the molecule is CCCOc1ccc(C(=O)Oc2ccc(Br)cc2C=NNC(=O)C(=O)Nc2ccc(CC)cc2)cc1. The number of esters is 1. The van der Waals surface area contributed by atoms with Crippen molar-refractivity contribution in [2.24, 2.45) is 5.10 Å². The van der Waals surface area contributed by atoms with E-state index in [1.807, 2.05) is 26.0 Å². The van der Waals surface area contributed by atoms with Gasteiger partial charge >= 0.3 is 17.8 Å². The zero-order valence-corrected chi connectivity index (χ0v) is 21.5. The second kappa shape index (κ2) is 13.2. The van der Waals surface area contributed by atoms with Crippen molar-refractivity contribution in [3.63, 3.8) is 0 Å². The molecule has 3 aromatic carbocycles. The van der Waals surface area contributed by atoms with Gasteiger partial charge in [-0.2, -0.15) is 5.10 Å². The van der Waals surface area contributed by atoms with Crippen molar-refractivity contribution in [3.05, 3.63) is 87.9 Å². The van der Waals surface area contributed by atoms with Gasteiger partial charge in [0.05, 0.1) is 18.4 Å². The van der Waals surface area contributed by atoms with E-state index in [1.54, 1.807) is 54.6 Å². The fourth-order valence-corrected chi connectivity index (χ4v) is 3.38. The number of hydrogen-bond donors (Lipinski definition) is 2. The van der Waals surface area contributed by atoms with E-state index in [4.69, 9.17) is 9.47 Å². The lowest BCUT2D eigenvalue weighted by atomic mass is 10.1. The van der Waals surface area contributed by atoms with Crippen LogP contribution in [0, 0.1) is 0 Å².